The maximum Gasteiger partial charge on any atom is 0.276 e. The van der Waals surface area contributed by atoms with Gasteiger partial charge in [0.05, 0.1) is 17.9 Å². The summed E-state index contributed by atoms with van der Waals surface area (Å²) < 4.78 is 7.50. The first-order chi connectivity index (χ1) is 8.70. The van der Waals surface area contributed by atoms with E-state index in [2.05, 4.69) is 9.97 Å². The Kier molecular flexibility index (Phi) is 2.68. The number of H-pyrrole nitrogens is 1. The number of aliphatic hydroxyl groups is 1. The number of imidazole rings is 1. The molecule has 1 saturated heterocycles. The molecule has 1 aliphatic heterocycles. The van der Waals surface area contributed by atoms with E-state index in [9.17, 15) is 9.90 Å². The zero-order valence-electron chi connectivity index (χ0n) is 10.0. The summed E-state index contributed by atoms with van der Waals surface area (Å²) in [6.07, 6.45) is 3.64. The molecule has 96 valence electrons. The highest BCUT2D eigenvalue weighted by atomic mass is 16.5. The second-order valence-electron chi connectivity index (χ2n) is 4.55. The third-order valence-electron chi connectivity index (χ3n) is 3.40. The minimum atomic E-state index is -0.563. The molecule has 3 heterocycles. The molecule has 1 fully saturated rings. The van der Waals surface area contributed by atoms with Gasteiger partial charge in [-0.05, 0) is 12.5 Å². The summed E-state index contributed by atoms with van der Waals surface area (Å²) in [6, 6.07) is 1.76. The summed E-state index contributed by atoms with van der Waals surface area (Å²) in [5, 5.41) is 10.0. The van der Waals surface area contributed by atoms with E-state index < -0.39 is 12.3 Å². The average Bonchev–Trinajstić information content (AvgIpc) is 2.93. The van der Waals surface area contributed by atoms with E-state index in [-0.39, 0.29) is 11.7 Å². The largest absolute Gasteiger partial charge is 0.388 e. The fourth-order valence-electron chi connectivity index (χ4n) is 2.42. The van der Waals surface area contributed by atoms with Crippen LogP contribution in [0.25, 0.3) is 11.0 Å². The van der Waals surface area contributed by atoms with E-state index in [0.29, 0.717) is 17.5 Å². The predicted molar refractivity (Wildman–Crippen MR) is 65.2 cm³/mol. The molecule has 3 rings (SSSR count). The topological polar surface area (TPSA) is 80.1 Å². The van der Waals surface area contributed by atoms with E-state index in [1.807, 2.05) is 6.92 Å². The standard InChI is InChI=1S/C12H15N3O3/c1-2-7-5-9(16)12(18-7)15-6-14-10-8(15)3-4-13-11(10)17/h3-4,6-7,9,12,16H,2,5H2,1H3,(H,13,17)/t7-,9-,12-/m1/s1. The Morgan fingerprint density at radius 2 is 2.50 bits per heavy atom. The first kappa shape index (κ1) is 11.4. The molecule has 0 radical (unpaired) electrons. The number of fused-ring (bicyclic) bond motifs is 1. The summed E-state index contributed by atoms with van der Waals surface area (Å²) in [7, 11) is 0. The second-order valence-corrected chi connectivity index (χ2v) is 4.55. The molecule has 3 atom stereocenters. The van der Waals surface area contributed by atoms with Gasteiger partial charge in [-0.2, -0.15) is 0 Å². The van der Waals surface area contributed by atoms with Gasteiger partial charge in [0.25, 0.3) is 5.56 Å². The van der Waals surface area contributed by atoms with E-state index in [4.69, 9.17) is 4.74 Å². The van der Waals surface area contributed by atoms with Crippen molar-refractivity contribution in [2.75, 3.05) is 0 Å². The van der Waals surface area contributed by atoms with Crippen LogP contribution in [0.2, 0.25) is 0 Å². The highest BCUT2D eigenvalue weighted by Gasteiger charge is 2.34. The van der Waals surface area contributed by atoms with Crippen molar-refractivity contribution in [3.05, 3.63) is 28.9 Å². The fourth-order valence-corrected chi connectivity index (χ4v) is 2.42. The molecule has 1 aliphatic rings. The van der Waals surface area contributed by atoms with E-state index in [1.54, 1.807) is 23.2 Å². The fraction of sp³-hybridized carbons (Fsp3) is 0.500. The average molecular weight is 249 g/mol. The summed E-state index contributed by atoms with van der Waals surface area (Å²) >= 11 is 0. The van der Waals surface area contributed by atoms with Crippen LogP contribution in [0.15, 0.2) is 23.4 Å². The van der Waals surface area contributed by atoms with Gasteiger partial charge >= 0.3 is 0 Å². The van der Waals surface area contributed by atoms with Crippen LogP contribution in [-0.2, 0) is 4.74 Å². The van der Waals surface area contributed by atoms with Gasteiger partial charge in [0.15, 0.2) is 11.7 Å². The SMILES string of the molecule is CC[C@@H]1C[C@@H](O)[C@H](n2cnc3c(=O)[nH]ccc32)O1. The van der Waals surface area contributed by atoms with Crippen LogP contribution in [0.3, 0.4) is 0 Å². The number of hydrogen-bond donors (Lipinski definition) is 2. The van der Waals surface area contributed by atoms with Gasteiger partial charge in [-0.25, -0.2) is 4.98 Å². The lowest BCUT2D eigenvalue weighted by molar-refractivity contribution is -0.0352. The first-order valence-electron chi connectivity index (χ1n) is 6.08. The first-order valence-corrected chi connectivity index (χ1v) is 6.08. The van der Waals surface area contributed by atoms with Gasteiger partial charge in [0.1, 0.15) is 6.10 Å². The monoisotopic (exact) mass is 249 g/mol. The molecule has 0 saturated carbocycles. The lowest BCUT2D eigenvalue weighted by Gasteiger charge is -2.16. The Hall–Kier alpha value is -1.66. The van der Waals surface area contributed by atoms with E-state index in [1.165, 1.54) is 0 Å². The maximum atomic E-state index is 11.6. The summed E-state index contributed by atoms with van der Waals surface area (Å²) in [5.41, 5.74) is 0.818. The quantitative estimate of drug-likeness (QED) is 0.824. The van der Waals surface area contributed by atoms with Crippen LogP contribution < -0.4 is 5.56 Å². The second kappa shape index (κ2) is 4.22. The third-order valence-corrected chi connectivity index (χ3v) is 3.40. The molecular formula is C12H15N3O3. The van der Waals surface area contributed by atoms with E-state index >= 15 is 0 Å². The van der Waals surface area contributed by atoms with Crippen LogP contribution in [-0.4, -0.2) is 31.8 Å². The number of pyridine rings is 1. The Morgan fingerprint density at radius 3 is 3.22 bits per heavy atom. The number of rotatable bonds is 2. The van der Waals surface area contributed by atoms with Crippen molar-refractivity contribution in [3.8, 4) is 0 Å². The number of aromatic nitrogens is 3. The lowest BCUT2D eigenvalue weighted by atomic mass is 10.1. The van der Waals surface area contributed by atoms with Crippen molar-refractivity contribution >= 4 is 11.0 Å². The molecule has 18 heavy (non-hydrogen) atoms. The van der Waals surface area contributed by atoms with Crippen molar-refractivity contribution in [3.63, 3.8) is 0 Å². The Balaban J connectivity index is 2.05. The molecule has 0 amide bonds. The molecule has 6 nitrogen and oxygen atoms in total. The minimum Gasteiger partial charge on any atom is -0.388 e. The molecule has 0 bridgehead atoms. The molecule has 2 N–H and O–H groups in total. The zero-order valence-corrected chi connectivity index (χ0v) is 10.0. The molecule has 2 aromatic rings. The van der Waals surface area contributed by atoms with Crippen LogP contribution >= 0.6 is 0 Å². The van der Waals surface area contributed by atoms with Gasteiger partial charge in [-0.1, -0.05) is 6.92 Å². The van der Waals surface area contributed by atoms with E-state index in [0.717, 1.165) is 6.42 Å². The van der Waals surface area contributed by atoms with Crippen molar-refractivity contribution in [2.24, 2.45) is 0 Å². The number of ether oxygens (including phenoxy) is 1. The molecule has 6 heteroatoms. The molecule has 0 unspecified atom stereocenters. The van der Waals surface area contributed by atoms with Crippen LogP contribution in [0, 0.1) is 0 Å². The molecule has 0 spiro atoms. The van der Waals surface area contributed by atoms with Crippen molar-refractivity contribution in [1.82, 2.24) is 14.5 Å². The van der Waals surface area contributed by atoms with Crippen LogP contribution in [0.5, 0.6) is 0 Å². The normalized spacial score (nSPS) is 28.0. The predicted octanol–water partition coefficient (Wildman–Crippen LogP) is 0.783. The molecule has 0 aromatic carbocycles. The van der Waals surface area contributed by atoms with Crippen molar-refractivity contribution in [2.45, 2.75) is 38.2 Å². The van der Waals surface area contributed by atoms with Crippen molar-refractivity contribution < 1.29 is 9.84 Å². The summed E-state index contributed by atoms with van der Waals surface area (Å²) in [5.74, 6) is 0. The Labute approximate surface area is 103 Å². The van der Waals surface area contributed by atoms with Gasteiger partial charge < -0.3 is 19.4 Å². The van der Waals surface area contributed by atoms with Gasteiger partial charge in [-0.15, -0.1) is 0 Å². The highest BCUT2D eigenvalue weighted by molar-refractivity contribution is 5.73. The number of aromatic amines is 1. The van der Waals surface area contributed by atoms with Crippen LogP contribution in [0.1, 0.15) is 26.0 Å². The van der Waals surface area contributed by atoms with Gasteiger partial charge in [0, 0.05) is 12.6 Å². The maximum absolute atomic E-state index is 11.6. The smallest absolute Gasteiger partial charge is 0.276 e. The van der Waals surface area contributed by atoms with Gasteiger partial charge in [0.2, 0.25) is 0 Å². The Bertz CT molecular complexity index is 618. The summed E-state index contributed by atoms with van der Waals surface area (Å²) in [6.45, 7) is 2.02. The highest BCUT2D eigenvalue weighted by Crippen LogP contribution is 2.31. The Morgan fingerprint density at radius 1 is 1.67 bits per heavy atom. The number of aliphatic hydroxyl groups excluding tert-OH is 1. The number of hydrogen-bond acceptors (Lipinski definition) is 4. The number of nitrogens with zero attached hydrogens (tertiary/aromatic N) is 2. The van der Waals surface area contributed by atoms with Crippen molar-refractivity contribution in [1.29, 1.82) is 0 Å². The van der Waals surface area contributed by atoms with Gasteiger partial charge in [-0.3, -0.25) is 4.79 Å². The zero-order chi connectivity index (χ0) is 12.7. The lowest BCUT2D eigenvalue weighted by Crippen LogP contribution is -2.19. The molecule has 0 aliphatic carbocycles. The summed E-state index contributed by atoms with van der Waals surface area (Å²) in [4.78, 5) is 18.2. The minimum absolute atomic E-state index is 0.0597. The third kappa shape index (κ3) is 1.65. The molecular weight excluding hydrogens is 234 g/mol. The molecule has 2 aromatic heterocycles. The van der Waals surface area contributed by atoms with Crippen LogP contribution in [0.4, 0.5) is 0 Å². The number of nitrogens with one attached hydrogen (secondary N) is 1.